The number of benzene rings is 2. The third kappa shape index (κ3) is 3.54. The first-order chi connectivity index (χ1) is 11.7. The zero-order chi connectivity index (χ0) is 16.9. The van der Waals surface area contributed by atoms with Crippen molar-refractivity contribution in [2.45, 2.75) is 12.8 Å². The van der Waals surface area contributed by atoms with Crippen LogP contribution in [-0.4, -0.2) is 24.5 Å². The van der Waals surface area contributed by atoms with E-state index in [0.717, 1.165) is 34.5 Å². The number of rotatable bonds is 6. The van der Waals surface area contributed by atoms with Crippen LogP contribution >= 0.6 is 11.6 Å². The second-order valence-corrected chi connectivity index (χ2v) is 6.10. The minimum atomic E-state index is -0.0538. The maximum Gasteiger partial charge on any atom is 0.253 e. The van der Waals surface area contributed by atoms with E-state index in [4.69, 9.17) is 11.6 Å². The Kier molecular flexibility index (Phi) is 5.06. The summed E-state index contributed by atoms with van der Waals surface area (Å²) in [7, 11) is 1.81. The molecule has 0 radical (unpaired) electrons. The number of hydrogen-bond acceptors (Lipinski definition) is 2. The molecule has 5 heteroatoms. The minimum absolute atomic E-state index is 0.0538. The Labute approximate surface area is 146 Å². The van der Waals surface area contributed by atoms with Gasteiger partial charge in [0.25, 0.3) is 5.91 Å². The van der Waals surface area contributed by atoms with Gasteiger partial charge in [-0.1, -0.05) is 23.7 Å². The van der Waals surface area contributed by atoms with Crippen LogP contribution < -0.4 is 10.6 Å². The van der Waals surface area contributed by atoms with Crippen LogP contribution in [0.1, 0.15) is 22.3 Å². The van der Waals surface area contributed by atoms with E-state index in [-0.39, 0.29) is 5.91 Å². The van der Waals surface area contributed by atoms with Crippen molar-refractivity contribution >= 4 is 34.1 Å². The summed E-state index contributed by atoms with van der Waals surface area (Å²) < 4.78 is 0. The Bertz CT molecular complexity index is 857. The summed E-state index contributed by atoms with van der Waals surface area (Å²) in [6.45, 7) is 0.629. The maximum atomic E-state index is 12.3. The molecule has 0 aliphatic carbocycles. The van der Waals surface area contributed by atoms with Gasteiger partial charge >= 0.3 is 0 Å². The Hall–Kier alpha value is -2.46. The highest BCUT2D eigenvalue weighted by molar-refractivity contribution is 6.31. The lowest BCUT2D eigenvalue weighted by Gasteiger charge is -2.09. The number of H-pyrrole nitrogens is 1. The lowest BCUT2D eigenvalue weighted by molar-refractivity contribution is 0.0954. The Morgan fingerprint density at radius 2 is 2.04 bits per heavy atom. The largest absolute Gasteiger partial charge is 0.387 e. The summed E-state index contributed by atoms with van der Waals surface area (Å²) in [4.78, 5) is 15.5. The fourth-order valence-electron chi connectivity index (χ4n) is 2.83. The van der Waals surface area contributed by atoms with Crippen LogP contribution in [0.4, 0.5) is 5.69 Å². The molecule has 3 rings (SSSR count). The van der Waals surface area contributed by atoms with Gasteiger partial charge in [-0.25, -0.2) is 0 Å². The number of carbonyl (C=O) groups is 1. The molecule has 4 nitrogen and oxygen atoms in total. The van der Waals surface area contributed by atoms with Gasteiger partial charge in [-0.05, 0) is 48.7 Å². The molecule has 0 saturated carbocycles. The summed E-state index contributed by atoms with van der Waals surface area (Å²) in [5.74, 6) is -0.0538. The molecule has 0 unspecified atom stereocenters. The van der Waals surface area contributed by atoms with Crippen molar-refractivity contribution in [3.63, 3.8) is 0 Å². The number of fused-ring (bicyclic) bond motifs is 1. The summed E-state index contributed by atoms with van der Waals surface area (Å²) in [5.41, 5.74) is 3.80. The normalized spacial score (nSPS) is 10.8. The standard InChI is InChI=1S/C19H20ClN3O/c1-21-17-7-3-2-6-15(17)19(24)22-10-4-5-13-12-23-18-9-8-14(20)11-16(13)18/h2-3,6-9,11-12,21,23H,4-5,10H2,1H3,(H,22,24). The number of anilines is 1. The van der Waals surface area contributed by atoms with Gasteiger partial charge in [0, 0.05) is 41.4 Å². The zero-order valence-electron chi connectivity index (χ0n) is 13.5. The molecule has 2 aromatic carbocycles. The van der Waals surface area contributed by atoms with E-state index in [1.54, 1.807) is 0 Å². The average molecular weight is 342 g/mol. The van der Waals surface area contributed by atoms with Crippen molar-refractivity contribution in [2.75, 3.05) is 18.9 Å². The second-order valence-electron chi connectivity index (χ2n) is 5.66. The highest BCUT2D eigenvalue weighted by Crippen LogP contribution is 2.23. The molecule has 0 fully saturated rings. The molecule has 3 N–H and O–H groups in total. The number of aryl methyl sites for hydroxylation is 1. The molecule has 0 spiro atoms. The van der Waals surface area contributed by atoms with Crippen molar-refractivity contribution in [3.8, 4) is 0 Å². The van der Waals surface area contributed by atoms with Crippen molar-refractivity contribution in [3.05, 3.63) is 64.8 Å². The van der Waals surface area contributed by atoms with Crippen LogP contribution in [0, 0.1) is 0 Å². The quantitative estimate of drug-likeness (QED) is 0.588. The van der Waals surface area contributed by atoms with Gasteiger partial charge in [-0.2, -0.15) is 0 Å². The molecule has 0 aliphatic heterocycles. The van der Waals surface area contributed by atoms with E-state index >= 15 is 0 Å². The summed E-state index contributed by atoms with van der Waals surface area (Å²) in [6, 6.07) is 13.3. The van der Waals surface area contributed by atoms with Crippen molar-refractivity contribution in [2.24, 2.45) is 0 Å². The van der Waals surface area contributed by atoms with Crippen LogP contribution in [0.2, 0.25) is 5.02 Å². The van der Waals surface area contributed by atoms with E-state index in [1.165, 1.54) is 5.56 Å². The van der Waals surface area contributed by atoms with Gasteiger partial charge in [-0.15, -0.1) is 0 Å². The first-order valence-corrected chi connectivity index (χ1v) is 8.37. The molecule has 0 aliphatic rings. The van der Waals surface area contributed by atoms with Crippen LogP contribution in [0.15, 0.2) is 48.7 Å². The maximum absolute atomic E-state index is 12.3. The van der Waals surface area contributed by atoms with Crippen LogP contribution in [0.25, 0.3) is 10.9 Å². The molecular weight excluding hydrogens is 322 g/mol. The first kappa shape index (κ1) is 16.4. The number of amides is 1. The molecule has 124 valence electrons. The molecule has 3 aromatic rings. The van der Waals surface area contributed by atoms with E-state index in [2.05, 4.69) is 15.6 Å². The Balaban J connectivity index is 1.56. The number of aromatic amines is 1. The van der Waals surface area contributed by atoms with Crippen LogP contribution in [0.5, 0.6) is 0 Å². The van der Waals surface area contributed by atoms with E-state index < -0.39 is 0 Å². The van der Waals surface area contributed by atoms with Crippen molar-refractivity contribution in [1.29, 1.82) is 0 Å². The van der Waals surface area contributed by atoms with Gasteiger partial charge in [0.1, 0.15) is 0 Å². The van der Waals surface area contributed by atoms with E-state index in [1.807, 2.05) is 55.7 Å². The number of halogens is 1. The summed E-state index contributed by atoms with van der Waals surface area (Å²) >= 11 is 6.07. The van der Waals surface area contributed by atoms with Crippen LogP contribution in [0.3, 0.4) is 0 Å². The first-order valence-electron chi connectivity index (χ1n) is 7.99. The van der Waals surface area contributed by atoms with Gasteiger partial charge in [-0.3, -0.25) is 4.79 Å². The zero-order valence-corrected chi connectivity index (χ0v) is 14.3. The number of carbonyl (C=O) groups excluding carboxylic acids is 1. The summed E-state index contributed by atoms with van der Waals surface area (Å²) in [5, 5.41) is 7.90. The van der Waals surface area contributed by atoms with Crippen molar-refractivity contribution < 1.29 is 4.79 Å². The lowest BCUT2D eigenvalue weighted by Crippen LogP contribution is -2.25. The highest BCUT2D eigenvalue weighted by atomic mass is 35.5. The molecular formula is C19H20ClN3O. The summed E-state index contributed by atoms with van der Waals surface area (Å²) in [6.07, 6.45) is 3.76. The molecule has 0 saturated heterocycles. The average Bonchev–Trinajstić information content (AvgIpc) is 3.00. The molecule has 0 atom stereocenters. The van der Waals surface area contributed by atoms with Gasteiger partial charge in [0.15, 0.2) is 0 Å². The second kappa shape index (κ2) is 7.41. The fraction of sp³-hybridized carbons (Fsp3) is 0.211. The molecule has 1 aromatic heterocycles. The highest BCUT2D eigenvalue weighted by Gasteiger charge is 2.09. The lowest BCUT2D eigenvalue weighted by atomic mass is 10.1. The fourth-order valence-corrected chi connectivity index (χ4v) is 3.00. The monoisotopic (exact) mass is 341 g/mol. The molecule has 24 heavy (non-hydrogen) atoms. The number of nitrogens with one attached hydrogen (secondary N) is 3. The third-order valence-corrected chi connectivity index (χ3v) is 4.31. The Morgan fingerprint density at radius 3 is 2.88 bits per heavy atom. The smallest absolute Gasteiger partial charge is 0.253 e. The van der Waals surface area contributed by atoms with Crippen LogP contribution in [-0.2, 0) is 6.42 Å². The number of aromatic nitrogens is 1. The third-order valence-electron chi connectivity index (χ3n) is 4.08. The van der Waals surface area contributed by atoms with E-state index in [9.17, 15) is 4.79 Å². The SMILES string of the molecule is CNc1ccccc1C(=O)NCCCc1c[nH]c2ccc(Cl)cc12. The topological polar surface area (TPSA) is 56.9 Å². The Morgan fingerprint density at radius 1 is 1.21 bits per heavy atom. The minimum Gasteiger partial charge on any atom is -0.387 e. The molecule has 0 bridgehead atoms. The number of para-hydroxylation sites is 1. The number of hydrogen-bond donors (Lipinski definition) is 3. The molecule has 1 heterocycles. The van der Waals surface area contributed by atoms with Gasteiger partial charge in [0.2, 0.25) is 0 Å². The van der Waals surface area contributed by atoms with Gasteiger partial charge in [0.05, 0.1) is 5.56 Å². The predicted octanol–water partition coefficient (Wildman–Crippen LogP) is 4.23. The van der Waals surface area contributed by atoms with Gasteiger partial charge < -0.3 is 15.6 Å². The predicted molar refractivity (Wildman–Crippen MR) is 100.0 cm³/mol. The van der Waals surface area contributed by atoms with E-state index in [0.29, 0.717) is 12.1 Å². The van der Waals surface area contributed by atoms with Crippen molar-refractivity contribution in [1.82, 2.24) is 10.3 Å². The molecule has 1 amide bonds.